The highest BCUT2D eigenvalue weighted by atomic mass is 35.5. The molecule has 0 spiro atoms. The zero-order valence-electron chi connectivity index (χ0n) is 10.6. The Kier molecular flexibility index (Phi) is 4.23. The Morgan fingerprint density at radius 2 is 1.81 bits per heavy atom. The van der Waals surface area contributed by atoms with E-state index >= 15 is 0 Å². The van der Waals surface area contributed by atoms with Crippen LogP contribution in [-0.2, 0) is 17.4 Å². The third-order valence-corrected chi connectivity index (χ3v) is 3.29. The van der Waals surface area contributed by atoms with E-state index in [9.17, 15) is 18.0 Å². The predicted molar refractivity (Wildman–Crippen MR) is 73.2 cm³/mol. The number of carboxylic acids is 1. The second-order valence-electron chi connectivity index (χ2n) is 4.42. The molecule has 0 aliphatic rings. The molecule has 0 bridgehead atoms. The molecule has 21 heavy (non-hydrogen) atoms. The molecule has 0 saturated carbocycles. The van der Waals surface area contributed by atoms with Crippen molar-refractivity contribution in [2.24, 2.45) is 0 Å². The van der Waals surface area contributed by atoms with E-state index in [0.717, 1.165) is 6.07 Å². The van der Waals surface area contributed by atoms with Gasteiger partial charge >= 0.3 is 12.1 Å². The van der Waals surface area contributed by atoms with Gasteiger partial charge in [0.05, 0.1) is 12.0 Å². The number of halogens is 4. The van der Waals surface area contributed by atoms with Crippen molar-refractivity contribution in [3.8, 4) is 11.1 Å². The van der Waals surface area contributed by atoms with Gasteiger partial charge in [0.15, 0.2) is 0 Å². The quantitative estimate of drug-likeness (QED) is 0.895. The van der Waals surface area contributed by atoms with Crippen LogP contribution in [0.25, 0.3) is 11.1 Å². The van der Waals surface area contributed by atoms with E-state index in [2.05, 4.69) is 0 Å². The first kappa shape index (κ1) is 15.4. The summed E-state index contributed by atoms with van der Waals surface area (Å²) in [6, 6.07) is 9.38. The van der Waals surface area contributed by atoms with Crippen LogP contribution in [0.4, 0.5) is 13.2 Å². The predicted octanol–water partition coefficient (Wildman–Crippen LogP) is 4.65. The molecule has 2 nitrogen and oxygen atoms in total. The molecule has 1 N–H and O–H groups in total. The van der Waals surface area contributed by atoms with Crippen LogP contribution in [0.15, 0.2) is 42.5 Å². The molecule has 0 saturated heterocycles. The average Bonchev–Trinajstić information content (AvgIpc) is 2.40. The fraction of sp³-hybridized carbons (Fsp3) is 0.133. The number of hydrogen-bond donors (Lipinski definition) is 1. The summed E-state index contributed by atoms with van der Waals surface area (Å²) in [5.74, 6) is -1.06. The van der Waals surface area contributed by atoms with Gasteiger partial charge in [0.25, 0.3) is 0 Å². The van der Waals surface area contributed by atoms with E-state index in [-0.39, 0.29) is 17.0 Å². The minimum atomic E-state index is -4.47. The first-order valence-electron chi connectivity index (χ1n) is 5.96. The van der Waals surface area contributed by atoms with Crippen molar-refractivity contribution >= 4 is 17.6 Å². The van der Waals surface area contributed by atoms with Crippen LogP contribution in [0.1, 0.15) is 11.1 Å². The zero-order chi connectivity index (χ0) is 15.6. The normalized spacial score (nSPS) is 11.4. The molecule has 2 aromatic rings. The Morgan fingerprint density at radius 3 is 2.38 bits per heavy atom. The number of carboxylic acid groups (broad SMARTS) is 1. The van der Waals surface area contributed by atoms with E-state index in [1.165, 1.54) is 36.4 Å². The van der Waals surface area contributed by atoms with Crippen LogP contribution in [0.5, 0.6) is 0 Å². The highest BCUT2D eigenvalue weighted by molar-refractivity contribution is 6.31. The van der Waals surface area contributed by atoms with E-state index in [0.29, 0.717) is 11.1 Å². The van der Waals surface area contributed by atoms with Crippen LogP contribution in [0.2, 0.25) is 5.02 Å². The maximum Gasteiger partial charge on any atom is 0.417 e. The average molecular weight is 315 g/mol. The van der Waals surface area contributed by atoms with Gasteiger partial charge in [0.1, 0.15) is 0 Å². The molecule has 0 fully saturated rings. The van der Waals surface area contributed by atoms with Gasteiger partial charge in [-0.25, -0.2) is 0 Å². The molecule has 0 radical (unpaired) electrons. The molecule has 0 aliphatic heterocycles. The number of hydrogen-bond acceptors (Lipinski definition) is 1. The second kappa shape index (κ2) is 5.77. The minimum absolute atomic E-state index is 0.00813. The smallest absolute Gasteiger partial charge is 0.417 e. The summed E-state index contributed by atoms with van der Waals surface area (Å²) in [5.41, 5.74) is -0.0969. The van der Waals surface area contributed by atoms with Gasteiger partial charge in [-0.05, 0) is 28.8 Å². The van der Waals surface area contributed by atoms with Crippen LogP contribution in [0.3, 0.4) is 0 Å². The monoisotopic (exact) mass is 314 g/mol. The Hall–Kier alpha value is -2.01. The molecule has 2 aromatic carbocycles. The zero-order valence-corrected chi connectivity index (χ0v) is 11.4. The van der Waals surface area contributed by atoms with E-state index in [1.807, 2.05) is 0 Å². The molecule has 0 heterocycles. The lowest BCUT2D eigenvalue weighted by molar-refractivity contribution is -0.137. The second-order valence-corrected chi connectivity index (χ2v) is 4.83. The first-order chi connectivity index (χ1) is 9.79. The molecule has 2 rings (SSSR count). The number of alkyl halides is 3. The lowest BCUT2D eigenvalue weighted by Gasteiger charge is -2.13. The van der Waals surface area contributed by atoms with Crippen molar-refractivity contribution in [3.05, 3.63) is 58.6 Å². The van der Waals surface area contributed by atoms with Crippen LogP contribution in [0, 0.1) is 0 Å². The fourth-order valence-electron chi connectivity index (χ4n) is 2.00. The van der Waals surface area contributed by atoms with Crippen LogP contribution < -0.4 is 0 Å². The number of benzene rings is 2. The third kappa shape index (κ3) is 3.55. The van der Waals surface area contributed by atoms with Gasteiger partial charge < -0.3 is 5.11 Å². The molecule has 0 amide bonds. The molecule has 0 aromatic heterocycles. The van der Waals surface area contributed by atoms with E-state index < -0.39 is 17.7 Å². The lowest BCUT2D eigenvalue weighted by Crippen LogP contribution is -2.07. The summed E-state index contributed by atoms with van der Waals surface area (Å²) < 4.78 is 38.9. The number of carbonyl (C=O) groups is 1. The fourth-order valence-corrected chi connectivity index (χ4v) is 2.25. The Bertz CT molecular complexity index is 681. The summed E-state index contributed by atoms with van der Waals surface area (Å²) in [6.07, 6.45) is -4.75. The van der Waals surface area contributed by atoms with Gasteiger partial charge in [-0.3, -0.25) is 4.79 Å². The molecule has 6 heteroatoms. The molecule has 0 atom stereocenters. The van der Waals surface area contributed by atoms with Gasteiger partial charge in [0.2, 0.25) is 0 Å². The van der Waals surface area contributed by atoms with Crippen molar-refractivity contribution in [1.29, 1.82) is 0 Å². The summed E-state index contributed by atoms with van der Waals surface area (Å²) in [4.78, 5) is 10.7. The van der Waals surface area contributed by atoms with Gasteiger partial charge in [-0.1, -0.05) is 41.9 Å². The van der Waals surface area contributed by atoms with Crippen molar-refractivity contribution in [2.45, 2.75) is 12.6 Å². The standard InChI is InChI=1S/C15H10ClF3O2/c16-13-7-9(5-6-10(13)8-14(20)21)11-3-1-2-4-12(11)15(17,18)19/h1-7H,8H2,(H,20,21). The summed E-state index contributed by atoms with van der Waals surface area (Å²) in [7, 11) is 0. The Balaban J connectivity index is 2.49. The SMILES string of the molecule is O=C(O)Cc1ccc(-c2ccccc2C(F)(F)F)cc1Cl. The molecule has 0 unspecified atom stereocenters. The molecular weight excluding hydrogens is 305 g/mol. The highest BCUT2D eigenvalue weighted by Gasteiger charge is 2.33. The minimum Gasteiger partial charge on any atom is -0.481 e. The third-order valence-electron chi connectivity index (χ3n) is 2.94. The summed E-state index contributed by atoms with van der Waals surface area (Å²) in [6.45, 7) is 0. The molecule has 110 valence electrons. The van der Waals surface area contributed by atoms with E-state index in [4.69, 9.17) is 16.7 Å². The van der Waals surface area contributed by atoms with Crippen molar-refractivity contribution in [3.63, 3.8) is 0 Å². The number of rotatable bonds is 3. The van der Waals surface area contributed by atoms with E-state index in [1.54, 1.807) is 0 Å². The van der Waals surface area contributed by atoms with Crippen molar-refractivity contribution < 1.29 is 23.1 Å². The topological polar surface area (TPSA) is 37.3 Å². The maximum absolute atomic E-state index is 13.0. The molecule has 0 aliphatic carbocycles. The van der Waals surface area contributed by atoms with Crippen LogP contribution in [-0.4, -0.2) is 11.1 Å². The van der Waals surface area contributed by atoms with Crippen molar-refractivity contribution in [2.75, 3.05) is 0 Å². The van der Waals surface area contributed by atoms with Crippen LogP contribution >= 0.6 is 11.6 Å². The lowest BCUT2D eigenvalue weighted by atomic mass is 9.98. The summed E-state index contributed by atoms with van der Waals surface area (Å²) >= 11 is 5.95. The van der Waals surface area contributed by atoms with Gasteiger partial charge in [0, 0.05) is 5.02 Å². The largest absolute Gasteiger partial charge is 0.481 e. The Morgan fingerprint density at radius 1 is 1.14 bits per heavy atom. The molecular formula is C15H10ClF3O2. The maximum atomic E-state index is 13.0. The van der Waals surface area contributed by atoms with Gasteiger partial charge in [-0.15, -0.1) is 0 Å². The van der Waals surface area contributed by atoms with Crippen molar-refractivity contribution in [1.82, 2.24) is 0 Å². The number of aliphatic carboxylic acids is 1. The highest BCUT2D eigenvalue weighted by Crippen LogP contribution is 2.37. The van der Waals surface area contributed by atoms with Gasteiger partial charge in [-0.2, -0.15) is 13.2 Å². The first-order valence-corrected chi connectivity index (χ1v) is 6.33. The summed E-state index contributed by atoms with van der Waals surface area (Å²) in [5, 5.41) is 8.85. The Labute approximate surface area is 123 Å².